The van der Waals surface area contributed by atoms with Crippen molar-refractivity contribution >= 4 is 0 Å². The largest absolute Gasteiger partial charge is 0.393 e. The van der Waals surface area contributed by atoms with Crippen LogP contribution in [0.4, 0.5) is 0 Å². The van der Waals surface area contributed by atoms with E-state index in [9.17, 15) is 5.11 Å². The molecule has 1 aromatic rings. The van der Waals surface area contributed by atoms with Crippen molar-refractivity contribution in [2.75, 3.05) is 0 Å². The first-order valence-corrected chi connectivity index (χ1v) is 5.34. The fraction of sp³-hybridized carbons (Fsp3) is 0.538. The minimum atomic E-state index is -0.207. The van der Waals surface area contributed by atoms with Gasteiger partial charge in [-0.05, 0) is 30.7 Å². The molecule has 1 nitrogen and oxygen atoms in total. The highest BCUT2D eigenvalue weighted by Crippen LogP contribution is 2.24. The molecule has 0 aliphatic carbocycles. The van der Waals surface area contributed by atoms with Crippen molar-refractivity contribution < 1.29 is 5.11 Å². The molecule has 0 spiro atoms. The van der Waals surface area contributed by atoms with Crippen LogP contribution in [0, 0.1) is 5.92 Å². The fourth-order valence-electron chi connectivity index (χ4n) is 1.67. The first kappa shape index (κ1) is 11.3. The van der Waals surface area contributed by atoms with Crippen LogP contribution in [0.1, 0.15) is 38.7 Å². The lowest BCUT2D eigenvalue weighted by Crippen LogP contribution is -2.15. The second-order valence-electron chi connectivity index (χ2n) is 4.27. The summed E-state index contributed by atoms with van der Waals surface area (Å²) in [5.74, 6) is 0.894. The van der Waals surface area contributed by atoms with Gasteiger partial charge in [-0.15, -0.1) is 0 Å². The van der Waals surface area contributed by atoms with Gasteiger partial charge >= 0.3 is 0 Å². The average Bonchev–Trinajstić information content (AvgIpc) is 2.19. The predicted octanol–water partition coefficient (Wildman–Crippen LogP) is 3.20. The van der Waals surface area contributed by atoms with Gasteiger partial charge in [0, 0.05) is 0 Å². The number of aliphatic hydroxyl groups is 1. The van der Waals surface area contributed by atoms with Crippen molar-refractivity contribution in [2.24, 2.45) is 5.92 Å². The average molecular weight is 192 g/mol. The summed E-state index contributed by atoms with van der Waals surface area (Å²) in [6.45, 7) is 6.18. The Morgan fingerprint density at radius 1 is 1.07 bits per heavy atom. The highest BCUT2D eigenvalue weighted by Gasteiger charge is 2.14. The zero-order valence-electron chi connectivity index (χ0n) is 9.27. The lowest BCUT2D eigenvalue weighted by atomic mass is 9.89. The van der Waals surface area contributed by atoms with Crippen LogP contribution < -0.4 is 0 Å². The van der Waals surface area contributed by atoms with E-state index < -0.39 is 0 Å². The summed E-state index contributed by atoms with van der Waals surface area (Å²) < 4.78 is 0. The van der Waals surface area contributed by atoms with Crippen molar-refractivity contribution in [3.63, 3.8) is 0 Å². The van der Waals surface area contributed by atoms with E-state index in [1.165, 1.54) is 5.56 Å². The Kier molecular flexibility index (Phi) is 4.15. The standard InChI is InChI=1S/C13H20O/c1-10(12(3)14)9-11(2)13-7-5-4-6-8-13/h4-8,10-12,14H,9H2,1-3H3. The Morgan fingerprint density at radius 3 is 2.14 bits per heavy atom. The maximum absolute atomic E-state index is 9.42. The number of hydrogen-bond acceptors (Lipinski definition) is 1. The molecule has 1 aromatic carbocycles. The molecule has 0 aliphatic rings. The SMILES string of the molecule is CC(CC(C)C(C)O)c1ccccc1. The molecule has 0 saturated heterocycles. The monoisotopic (exact) mass is 192 g/mol. The van der Waals surface area contributed by atoms with Gasteiger partial charge in [-0.3, -0.25) is 0 Å². The van der Waals surface area contributed by atoms with Gasteiger partial charge in [0.25, 0.3) is 0 Å². The Balaban J connectivity index is 2.55. The highest BCUT2D eigenvalue weighted by molar-refractivity contribution is 5.18. The van der Waals surface area contributed by atoms with Crippen molar-refractivity contribution in [3.8, 4) is 0 Å². The summed E-state index contributed by atoms with van der Waals surface area (Å²) in [5.41, 5.74) is 1.36. The molecule has 0 radical (unpaired) electrons. The summed E-state index contributed by atoms with van der Waals surface area (Å²) in [7, 11) is 0. The van der Waals surface area contributed by atoms with E-state index >= 15 is 0 Å². The summed E-state index contributed by atoms with van der Waals surface area (Å²) in [6.07, 6.45) is 0.836. The molecule has 1 heteroatoms. The van der Waals surface area contributed by atoms with Crippen molar-refractivity contribution in [1.82, 2.24) is 0 Å². The Labute approximate surface area is 86.8 Å². The van der Waals surface area contributed by atoms with Crippen molar-refractivity contribution in [2.45, 2.75) is 39.2 Å². The molecule has 0 saturated carbocycles. The van der Waals surface area contributed by atoms with Crippen LogP contribution >= 0.6 is 0 Å². The topological polar surface area (TPSA) is 20.2 Å². The minimum Gasteiger partial charge on any atom is -0.393 e. The zero-order chi connectivity index (χ0) is 10.6. The quantitative estimate of drug-likeness (QED) is 0.776. The van der Waals surface area contributed by atoms with Crippen LogP contribution in [0.5, 0.6) is 0 Å². The molecular weight excluding hydrogens is 172 g/mol. The highest BCUT2D eigenvalue weighted by atomic mass is 16.3. The molecule has 0 bridgehead atoms. The maximum atomic E-state index is 9.42. The van der Waals surface area contributed by atoms with E-state index in [4.69, 9.17) is 0 Å². The summed E-state index contributed by atoms with van der Waals surface area (Å²) >= 11 is 0. The van der Waals surface area contributed by atoms with Crippen LogP contribution in [-0.4, -0.2) is 11.2 Å². The number of rotatable bonds is 4. The van der Waals surface area contributed by atoms with E-state index in [1.54, 1.807) is 0 Å². The molecular formula is C13H20O. The predicted molar refractivity (Wildman–Crippen MR) is 60.3 cm³/mol. The molecule has 1 N–H and O–H groups in total. The van der Waals surface area contributed by atoms with Crippen LogP contribution in [0.25, 0.3) is 0 Å². The normalized spacial score (nSPS) is 17.4. The van der Waals surface area contributed by atoms with Gasteiger partial charge < -0.3 is 5.11 Å². The van der Waals surface area contributed by atoms with Gasteiger partial charge in [0.1, 0.15) is 0 Å². The molecule has 3 unspecified atom stereocenters. The van der Waals surface area contributed by atoms with E-state index in [-0.39, 0.29) is 6.10 Å². The summed E-state index contributed by atoms with van der Waals surface area (Å²) in [5, 5.41) is 9.42. The van der Waals surface area contributed by atoms with Gasteiger partial charge in [0.15, 0.2) is 0 Å². The van der Waals surface area contributed by atoms with E-state index in [0.717, 1.165) is 6.42 Å². The molecule has 0 heterocycles. The lowest BCUT2D eigenvalue weighted by molar-refractivity contribution is 0.126. The third-order valence-electron chi connectivity index (χ3n) is 2.92. The van der Waals surface area contributed by atoms with Crippen LogP contribution in [0.15, 0.2) is 30.3 Å². The summed E-state index contributed by atoms with van der Waals surface area (Å²) in [6, 6.07) is 10.5. The number of aliphatic hydroxyl groups excluding tert-OH is 1. The van der Waals surface area contributed by atoms with Gasteiger partial charge in [-0.2, -0.15) is 0 Å². The lowest BCUT2D eigenvalue weighted by Gasteiger charge is -2.19. The van der Waals surface area contributed by atoms with Crippen molar-refractivity contribution in [1.29, 1.82) is 0 Å². The maximum Gasteiger partial charge on any atom is 0.0537 e. The first-order valence-electron chi connectivity index (χ1n) is 5.34. The van der Waals surface area contributed by atoms with E-state index in [2.05, 4.69) is 38.1 Å². The summed E-state index contributed by atoms with van der Waals surface area (Å²) in [4.78, 5) is 0. The third-order valence-corrected chi connectivity index (χ3v) is 2.92. The van der Waals surface area contributed by atoms with Gasteiger partial charge in [0.2, 0.25) is 0 Å². The molecule has 14 heavy (non-hydrogen) atoms. The number of hydrogen-bond donors (Lipinski definition) is 1. The first-order chi connectivity index (χ1) is 6.61. The van der Waals surface area contributed by atoms with Crippen LogP contribution in [-0.2, 0) is 0 Å². The van der Waals surface area contributed by atoms with Crippen LogP contribution in [0.3, 0.4) is 0 Å². The molecule has 0 amide bonds. The molecule has 78 valence electrons. The molecule has 0 fully saturated rings. The van der Waals surface area contributed by atoms with Gasteiger partial charge in [0.05, 0.1) is 6.10 Å². The third kappa shape index (κ3) is 3.15. The van der Waals surface area contributed by atoms with Gasteiger partial charge in [-0.1, -0.05) is 44.2 Å². The number of benzene rings is 1. The van der Waals surface area contributed by atoms with Gasteiger partial charge in [-0.25, -0.2) is 0 Å². The van der Waals surface area contributed by atoms with Crippen LogP contribution in [0.2, 0.25) is 0 Å². The molecule has 0 aromatic heterocycles. The Morgan fingerprint density at radius 2 is 1.64 bits per heavy atom. The van der Waals surface area contributed by atoms with E-state index in [0.29, 0.717) is 11.8 Å². The smallest absolute Gasteiger partial charge is 0.0537 e. The molecule has 0 aliphatic heterocycles. The second-order valence-corrected chi connectivity index (χ2v) is 4.27. The molecule has 3 atom stereocenters. The Hall–Kier alpha value is -0.820. The zero-order valence-corrected chi connectivity index (χ0v) is 9.27. The minimum absolute atomic E-state index is 0.207. The fourth-order valence-corrected chi connectivity index (χ4v) is 1.67. The second kappa shape index (κ2) is 5.16. The van der Waals surface area contributed by atoms with Crippen molar-refractivity contribution in [3.05, 3.63) is 35.9 Å². The molecule has 1 rings (SSSR count). The van der Waals surface area contributed by atoms with E-state index in [1.807, 2.05) is 13.0 Å². The Bertz CT molecular complexity index is 253.